The molecule has 0 unspecified atom stereocenters. The van der Waals surface area contributed by atoms with Crippen molar-refractivity contribution in [3.05, 3.63) is 76.6 Å². The standard InChI is InChI=1S/C26H30N4O2/c1-18-5-3-7-21(13-18)26(32)28-15-25(31)29-23-16-30(17-23)24-11-9-19(10-12-24)20-6-4-8-22(14-20)27-2/h3-8,13-14,19,23-24H,9-12,15-17H2,1H3,(H,28,32)(H,29,31). The maximum Gasteiger partial charge on any atom is 0.251 e. The van der Waals surface area contributed by atoms with E-state index in [1.807, 2.05) is 43.3 Å². The fourth-order valence-electron chi connectivity index (χ4n) is 4.85. The molecule has 2 aromatic rings. The number of amides is 2. The van der Waals surface area contributed by atoms with Gasteiger partial charge in [0.25, 0.3) is 5.91 Å². The minimum Gasteiger partial charge on any atom is -0.349 e. The van der Waals surface area contributed by atoms with Gasteiger partial charge in [0, 0.05) is 24.7 Å². The van der Waals surface area contributed by atoms with Gasteiger partial charge >= 0.3 is 0 Å². The van der Waals surface area contributed by atoms with E-state index < -0.39 is 0 Å². The molecule has 6 nitrogen and oxygen atoms in total. The lowest BCUT2D eigenvalue weighted by molar-refractivity contribution is -0.122. The van der Waals surface area contributed by atoms with Crippen LogP contribution >= 0.6 is 0 Å². The molecule has 2 aromatic carbocycles. The summed E-state index contributed by atoms with van der Waals surface area (Å²) in [5.41, 5.74) is 3.60. The molecule has 2 N–H and O–H groups in total. The van der Waals surface area contributed by atoms with Gasteiger partial charge in [0.2, 0.25) is 5.91 Å². The van der Waals surface area contributed by atoms with Gasteiger partial charge in [-0.1, -0.05) is 47.5 Å². The summed E-state index contributed by atoms with van der Waals surface area (Å²) in [5.74, 6) is 0.179. The van der Waals surface area contributed by atoms with E-state index >= 15 is 0 Å². The van der Waals surface area contributed by atoms with E-state index in [-0.39, 0.29) is 24.4 Å². The van der Waals surface area contributed by atoms with Gasteiger partial charge in [0.1, 0.15) is 0 Å². The van der Waals surface area contributed by atoms with Crippen molar-refractivity contribution in [2.45, 2.75) is 50.6 Å². The Morgan fingerprint density at radius 1 is 1.06 bits per heavy atom. The summed E-state index contributed by atoms with van der Waals surface area (Å²) in [6.07, 6.45) is 4.59. The Labute approximate surface area is 189 Å². The first-order valence-electron chi connectivity index (χ1n) is 11.4. The van der Waals surface area contributed by atoms with Crippen molar-refractivity contribution in [1.82, 2.24) is 15.5 Å². The summed E-state index contributed by atoms with van der Waals surface area (Å²) in [4.78, 5) is 30.4. The highest BCUT2D eigenvalue weighted by atomic mass is 16.2. The number of aryl methyl sites for hydroxylation is 1. The van der Waals surface area contributed by atoms with Crippen LogP contribution in [0, 0.1) is 13.5 Å². The molecule has 0 radical (unpaired) electrons. The SMILES string of the molecule is [C-]#[N+]c1cccc(C2CCC(N3CC(NC(=O)CNC(=O)c4cccc(C)c4)C3)CC2)c1. The number of benzene rings is 2. The topological polar surface area (TPSA) is 65.8 Å². The van der Waals surface area contributed by atoms with Crippen LogP contribution in [0.5, 0.6) is 0 Å². The van der Waals surface area contributed by atoms with Crippen LogP contribution in [-0.2, 0) is 4.79 Å². The van der Waals surface area contributed by atoms with Crippen molar-refractivity contribution in [3.8, 4) is 0 Å². The first-order valence-corrected chi connectivity index (χ1v) is 11.4. The molecule has 6 heteroatoms. The molecule has 2 fully saturated rings. The third-order valence-electron chi connectivity index (χ3n) is 6.65. The number of carbonyl (C=O) groups excluding carboxylic acids is 2. The van der Waals surface area contributed by atoms with Gasteiger partial charge in [-0.05, 0) is 50.7 Å². The van der Waals surface area contributed by atoms with E-state index in [0.29, 0.717) is 17.5 Å². The number of carbonyl (C=O) groups is 2. The summed E-state index contributed by atoms with van der Waals surface area (Å²) in [7, 11) is 0. The molecule has 2 aliphatic rings. The Kier molecular flexibility index (Phi) is 6.87. The van der Waals surface area contributed by atoms with Crippen molar-refractivity contribution in [3.63, 3.8) is 0 Å². The predicted molar refractivity (Wildman–Crippen MR) is 125 cm³/mol. The third-order valence-corrected chi connectivity index (χ3v) is 6.65. The highest BCUT2D eigenvalue weighted by molar-refractivity contribution is 5.96. The lowest BCUT2D eigenvalue weighted by atomic mass is 9.80. The Balaban J connectivity index is 1.15. The van der Waals surface area contributed by atoms with Crippen LogP contribution in [0.25, 0.3) is 4.85 Å². The second-order valence-corrected chi connectivity index (χ2v) is 8.98. The van der Waals surface area contributed by atoms with Crippen molar-refractivity contribution in [2.24, 2.45) is 0 Å². The number of rotatable bonds is 6. The van der Waals surface area contributed by atoms with Crippen molar-refractivity contribution in [2.75, 3.05) is 19.6 Å². The number of hydrogen-bond donors (Lipinski definition) is 2. The molecule has 1 aliphatic heterocycles. The van der Waals surface area contributed by atoms with Crippen molar-refractivity contribution < 1.29 is 9.59 Å². The minimum absolute atomic E-state index is 0.00193. The fourth-order valence-corrected chi connectivity index (χ4v) is 4.85. The van der Waals surface area contributed by atoms with Crippen LogP contribution in [0.2, 0.25) is 0 Å². The minimum atomic E-state index is -0.224. The predicted octanol–water partition coefficient (Wildman–Crippen LogP) is 3.80. The lowest BCUT2D eigenvalue weighted by Crippen LogP contribution is -2.63. The molecule has 0 spiro atoms. The summed E-state index contributed by atoms with van der Waals surface area (Å²) < 4.78 is 0. The number of hydrogen-bond acceptors (Lipinski definition) is 3. The lowest BCUT2D eigenvalue weighted by Gasteiger charge is -2.46. The first-order chi connectivity index (χ1) is 15.5. The summed E-state index contributed by atoms with van der Waals surface area (Å²) in [6.45, 7) is 10.9. The highest BCUT2D eigenvalue weighted by Gasteiger charge is 2.35. The molecule has 1 saturated heterocycles. The molecule has 32 heavy (non-hydrogen) atoms. The molecular formula is C26H30N4O2. The van der Waals surface area contributed by atoms with Gasteiger partial charge in [-0.3, -0.25) is 14.5 Å². The summed E-state index contributed by atoms with van der Waals surface area (Å²) in [6, 6.07) is 16.1. The van der Waals surface area contributed by atoms with Crippen LogP contribution in [0.1, 0.15) is 53.1 Å². The largest absolute Gasteiger partial charge is 0.349 e. The number of nitrogens with zero attached hydrogens (tertiary/aromatic N) is 2. The average Bonchev–Trinajstić information content (AvgIpc) is 2.79. The molecule has 166 valence electrons. The molecule has 4 rings (SSSR count). The van der Waals surface area contributed by atoms with Gasteiger partial charge in [0.05, 0.1) is 19.2 Å². The van der Waals surface area contributed by atoms with E-state index in [0.717, 1.165) is 50.0 Å². The van der Waals surface area contributed by atoms with Crippen LogP contribution in [-0.4, -0.2) is 48.4 Å². The quantitative estimate of drug-likeness (QED) is 0.685. The van der Waals surface area contributed by atoms with Gasteiger partial charge in [-0.25, -0.2) is 4.85 Å². The zero-order chi connectivity index (χ0) is 22.5. The number of likely N-dealkylation sites (tertiary alicyclic amines) is 1. The normalized spacial score (nSPS) is 21.2. The van der Waals surface area contributed by atoms with E-state index in [2.05, 4.69) is 26.4 Å². The zero-order valence-electron chi connectivity index (χ0n) is 18.5. The van der Waals surface area contributed by atoms with E-state index in [4.69, 9.17) is 6.57 Å². The highest BCUT2D eigenvalue weighted by Crippen LogP contribution is 2.37. The van der Waals surface area contributed by atoms with Crippen molar-refractivity contribution in [1.29, 1.82) is 0 Å². The zero-order valence-corrected chi connectivity index (χ0v) is 18.5. The van der Waals surface area contributed by atoms with E-state index in [1.54, 1.807) is 6.07 Å². The van der Waals surface area contributed by atoms with Crippen LogP contribution in [0.15, 0.2) is 48.5 Å². The maximum atomic E-state index is 12.2. The Morgan fingerprint density at radius 2 is 1.81 bits per heavy atom. The summed E-state index contributed by atoms with van der Waals surface area (Å²) in [5, 5.41) is 5.73. The fraction of sp³-hybridized carbons (Fsp3) is 0.423. The average molecular weight is 431 g/mol. The van der Waals surface area contributed by atoms with Gasteiger partial charge in [-0.2, -0.15) is 0 Å². The monoisotopic (exact) mass is 430 g/mol. The summed E-state index contributed by atoms with van der Waals surface area (Å²) >= 11 is 0. The van der Waals surface area contributed by atoms with Gasteiger partial charge < -0.3 is 10.6 Å². The molecular weight excluding hydrogens is 400 g/mol. The Bertz CT molecular complexity index is 1010. The third kappa shape index (κ3) is 5.35. The second-order valence-electron chi connectivity index (χ2n) is 8.98. The van der Waals surface area contributed by atoms with Crippen molar-refractivity contribution >= 4 is 17.5 Å². The smallest absolute Gasteiger partial charge is 0.251 e. The Morgan fingerprint density at radius 3 is 2.53 bits per heavy atom. The first kappa shape index (κ1) is 22.0. The van der Waals surface area contributed by atoms with E-state index in [1.165, 1.54) is 5.56 Å². The number of nitrogens with one attached hydrogen (secondary N) is 2. The molecule has 1 aliphatic carbocycles. The van der Waals surface area contributed by atoms with Crippen LogP contribution in [0.3, 0.4) is 0 Å². The van der Waals surface area contributed by atoms with Crippen LogP contribution < -0.4 is 10.6 Å². The van der Waals surface area contributed by atoms with E-state index in [9.17, 15) is 9.59 Å². The molecule has 1 saturated carbocycles. The van der Waals surface area contributed by atoms with Crippen LogP contribution in [0.4, 0.5) is 5.69 Å². The maximum absolute atomic E-state index is 12.2. The van der Waals surface area contributed by atoms with Gasteiger partial charge in [0.15, 0.2) is 5.69 Å². The molecule has 0 atom stereocenters. The molecule has 0 aromatic heterocycles. The molecule has 1 heterocycles. The molecule has 2 amide bonds. The Hall–Kier alpha value is -3.17. The molecule has 0 bridgehead atoms. The van der Waals surface area contributed by atoms with Gasteiger partial charge in [-0.15, -0.1) is 0 Å². The second kappa shape index (κ2) is 9.97.